The Morgan fingerprint density at radius 2 is 1.40 bits per heavy atom. The van der Waals surface area contributed by atoms with Crippen LogP contribution in [0.15, 0.2) is 36.4 Å². The van der Waals surface area contributed by atoms with Crippen molar-refractivity contribution in [3.8, 4) is 5.75 Å². The van der Waals surface area contributed by atoms with Crippen molar-refractivity contribution in [2.75, 3.05) is 0 Å². The monoisotopic (exact) mass is 269 g/mol. The minimum Gasteiger partial charge on any atom is -0.502 e. The summed E-state index contributed by atoms with van der Waals surface area (Å²) in [5, 5.41) is 20.4. The van der Waals surface area contributed by atoms with Crippen LogP contribution in [0, 0.1) is 10.1 Å². The Labute approximate surface area is 112 Å². The molecule has 0 aromatic heterocycles. The van der Waals surface area contributed by atoms with Crippen molar-refractivity contribution in [1.82, 2.24) is 0 Å². The molecule has 98 valence electrons. The molecular formula is C14H7NO5. The molecule has 0 spiro atoms. The number of ketones is 2. The van der Waals surface area contributed by atoms with E-state index in [2.05, 4.69) is 0 Å². The normalized spacial score (nSPS) is 12.8. The summed E-state index contributed by atoms with van der Waals surface area (Å²) in [6.07, 6.45) is 0. The molecular weight excluding hydrogens is 262 g/mol. The summed E-state index contributed by atoms with van der Waals surface area (Å²) in [6, 6.07) is 8.17. The quantitative estimate of drug-likeness (QED) is 0.538. The second kappa shape index (κ2) is 3.99. The number of carbonyl (C=O) groups is 2. The zero-order valence-electron chi connectivity index (χ0n) is 9.99. The fraction of sp³-hybridized carbons (Fsp3) is 0. The number of benzene rings is 2. The largest absolute Gasteiger partial charge is 0.502 e. The van der Waals surface area contributed by atoms with Gasteiger partial charge in [-0.15, -0.1) is 0 Å². The maximum Gasteiger partial charge on any atom is 0.311 e. The Kier molecular flexibility index (Phi) is 2.40. The maximum atomic E-state index is 12.3. The van der Waals surface area contributed by atoms with Crippen LogP contribution in [-0.4, -0.2) is 21.6 Å². The average Bonchev–Trinajstić information content (AvgIpc) is 2.44. The van der Waals surface area contributed by atoms with E-state index in [1.807, 2.05) is 0 Å². The number of nitrogens with zero attached hydrogens (tertiary/aromatic N) is 1. The Bertz CT molecular complexity index is 794. The van der Waals surface area contributed by atoms with Gasteiger partial charge in [0.1, 0.15) is 0 Å². The van der Waals surface area contributed by atoms with Crippen molar-refractivity contribution in [2.45, 2.75) is 0 Å². The molecule has 0 unspecified atom stereocenters. The number of carbonyl (C=O) groups excluding carboxylic acids is 2. The summed E-state index contributed by atoms with van der Waals surface area (Å²) in [7, 11) is 0. The van der Waals surface area contributed by atoms with Crippen molar-refractivity contribution in [2.24, 2.45) is 0 Å². The van der Waals surface area contributed by atoms with E-state index < -0.39 is 27.9 Å². The molecule has 2 aromatic carbocycles. The molecule has 0 saturated heterocycles. The Morgan fingerprint density at radius 3 is 1.90 bits per heavy atom. The molecule has 2 aromatic rings. The molecule has 3 rings (SSSR count). The molecule has 20 heavy (non-hydrogen) atoms. The number of rotatable bonds is 1. The molecule has 0 aliphatic heterocycles. The second-order valence-corrected chi connectivity index (χ2v) is 4.35. The highest BCUT2D eigenvalue weighted by atomic mass is 16.6. The number of fused-ring (bicyclic) bond motifs is 2. The van der Waals surface area contributed by atoms with E-state index in [4.69, 9.17) is 0 Å². The minimum absolute atomic E-state index is 0.0169. The first-order chi connectivity index (χ1) is 9.50. The Hall–Kier alpha value is -3.02. The Balaban J connectivity index is 2.31. The predicted molar refractivity (Wildman–Crippen MR) is 68.1 cm³/mol. The van der Waals surface area contributed by atoms with E-state index in [1.165, 1.54) is 12.1 Å². The third-order valence-electron chi connectivity index (χ3n) is 3.22. The third kappa shape index (κ3) is 1.51. The molecule has 6 nitrogen and oxygen atoms in total. The van der Waals surface area contributed by atoms with Crippen LogP contribution in [0.25, 0.3) is 0 Å². The van der Waals surface area contributed by atoms with Gasteiger partial charge < -0.3 is 5.11 Å². The summed E-state index contributed by atoms with van der Waals surface area (Å²) in [5.41, 5.74) is -0.220. The van der Waals surface area contributed by atoms with Crippen LogP contribution < -0.4 is 0 Å². The van der Waals surface area contributed by atoms with Crippen molar-refractivity contribution in [3.63, 3.8) is 0 Å². The van der Waals surface area contributed by atoms with Gasteiger partial charge in [0, 0.05) is 28.3 Å². The second-order valence-electron chi connectivity index (χ2n) is 4.35. The lowest BCUT2D eigenvalue weighted by molar-refractivity contribution is -0.385. The van der Waals surface area contributed by atoms with Crippen LogP contribution in [0.4, 0.5) is 5.69 Å². The lowest BCUT2D eigenvalue weighted by Gasteiger charge is -2.17. The molecule has 0 radical (unpaired) electrons. The molecule has 1 aliphatic carbocycles. The number of nitro groups is 1. The van der Waals surface area contributed by atoms with E-state index in [0.717, 1.165) is 12.1 Å². The number of hydrogen-bond donors (Lipinski definition) is 1. The van der Waals surface area contributed by atoms with Gasteiger partial charge in [-0.25, -0.2) is 0 Å². The standard InChI is InChI=1S/C14H7NO5/c16-12-6-10-9(5-11(12)15(19)20)13(17)7-3-1-2-4-8(7)14(10)18/h1-6,16H. The van der Waals surface area contributed by atoms with Gasteiger partial charge in [-0.3, -0.25) is 19.7 Å². The highest BCUT2D eigenvalue weighted by molar-refractivity contribution is 6.28. The smallest absolute Gasteiger partial charge is 0.311 e. The number of hydrogen-bond acceptors (Lipinski definition) is 5. The van der Waals surface area contributed by atoms with Crippen LogP contribution in [0.1, 0.15) is 31.8 Å². The molecule has 0 bridgehead atoms. The molecule has 1 N–H and O–H groups in total. The fourth-order valence-corrected chi connectivity index (χ4v) is 2.27. The highest BCUT2D eigenvalue weighted by Crippen LogP contribution is 2.35. The van der Waals surface area contributed by atoms with Gasteiger partial charge in [-0.2, -0.15) is 0 Å². The molecule has 0 amide bonds. The fourth-order valence-electron chi connectivity index (χ4n) is 2.27. The van der Waals surface area contributed by atoms with Crippen molar-refractivity contribution in [1.29, 1.82) is 0 Å². The van der Waals surface area contributed by atoms with Gasteiger partial charge in [0.2, 0.25) is 0 Å². The zero-order valence-corrected chi connectivity index (χ0v) is 9.99. The van der Waals surface area contributed by atoms with Gasteiger partial charge in [0.25, 0.3) is 0 Å². The van der Waals surface area contributed by atoms with Crippen molar-refractivity contribution < 1.29 is 19.6 Å². The van der Waals surface area contributed by atoms with E-state index in [-0.39, 0.29) is 22.3 Å². The summed E-state index contributed by atoms with van der Waals surface area (Å²) < 4.78 is 0. The summed E-state index contributed by atoms with van der Waals surface area (Å²) in [6.45, 7) is 0. The molecule has 1 aliphatic rings. The number of aromatic hydroxyl groups is 1. The number of phenolic OH excluding ortho intramolecular Hbond substituents is 1. The van der Waals surface area contributed by atoms with Crippen molar-refractivity contribution >= 4 is 17.3 Å². The van der Waals surface area contributed by atoms with Crippen LogP contribution >= 0.6 is 0 Å². The van der Waals surface area contributed by atoms with Gasteiger partial charge in [0.15, 0.2) is 17.3 Å². The molecule has 0 saturated carbocycles. The SMILES string of the molecule is O=C1c2ccccc2C(=O)c2cc([N+](=O)[O-])c(O)cc21. The van der Waals surface area contributed by atoms with Crippen LogP contribution in [0.5, 0.6) is 5.75 Å². The average molecular weight is 269 g/mol. The topological polar surface area (TPSA) is 97.5 Å². The summed E-state index contributed by atoms with van der Waals surface area (Å²) >= 11 is 0. The van der Waals surface area contributed by atoms with Crippen LogP contribution in [0.3, 0.4) is 0 Å². The number of nitro benzene ring substituents is 1. The highest BCUT2D eigenvalue weighted by Gasteiger charge is 2.32. The Morgan fingerprint density at radius 1 is 0.900 bits per heavy atom. The van der Waals surface area contributed by atoms with Crippen LogP contribution in [-0.2, 0) is 0 Å². The van der Waals surface area contributed by atoms with Gasteiger partial charge in [0.05, 0.1) is 4.92 Å². The van der Waals surface area contributed by atoms with Gasteiger partial charge in [-0.1, -0.05) is 24.3 Å². The van der Waals surface area contributed by atoms with E-state index >= 15 is 0 Å². The van der Waals surface area contributed by atoms with Crippen molar-refractivity contribution in [3.05, 3.63) is 68.8 Å². The summed E-state index contributed by atoms with van der Waals surface area (Å²) in [5.74, 6) is -1.52. The minimum atomic E-state index is -0.798. The molecule has 0 fully saturated rings. The first kappa shape index (κ1) is 12.0. The maximum absolute atomic E-state index is 12.3. The molecule has 0 atom stereocenters. The first-order valence-electron chi connectivity index (χ1n) is 5.70. The van der Waals surface area contributed by atoms with E-state index in [0.29, 0.717) is 0 Å². The van der Waals surface area contributed by atoms with Gasteiger partial charge in [-0.05, 0) is 6.07 Å². The lowest BCUT2D eigenvalue weighted by atomic mass is 9.84. The molecule has 0 heterocycles. The lowest BCUT2D eigenvalue weighted by Crippen LogP contribution is -2.20. The van der Waals surface area contributed by atoms with Crippen LogP contribution in [0.2, 0.25) is 0 Å². The van der Waals surface area contributed by atoms with E-state index in [1.54, 1.807) is 12.1 Å². The predicted octanol–water partition coefficient (Wildman–Crippen LogP) is 2.08. The zero-order chi connectivity index (χ0) is 14.4. The van der Waals surface area contributed by atoms with Gasteiger partial charge >= 0.3 is 5.69 Å². The third-order valence-corrected chi connectivity index (χ3v) is 3.22. The van der Waals surface area contributed by atoms with E-state index in [9.17, 15) is 24.8 Å². The first-order valence-corrected chi connectivity index (χ1v) is 5.70. The number of phenols is 1. The molecule has 6 heteroatoms. The summed E-state index contributed by atoms with van der Waals surface area (Å²) in [4.78, 5) is 34.5.